The van der Waals surface area contributed by atoms with Crippen molar-refractivity contribution in [3.8, 4) is 6.07 Å². The number of piperazine rings is 1. The van der Waals surface area contributed by atoms with Crippen molar-refractivity contribution in [1.29, 1.82) is 5.26 Å². The van der Waals surface area contributed by atoms with Gasteiger partial charge in [0.1, 0.15) is 5.82 Å². The SMILES string of the molecule is C=CC(=O)N1CCN(C(=O)C2=C(NC(=O)c3cccc(C#N)c3)C(F)=C(c3ccccc3F)C(Cl)(OC)C2)[C@@H](C)C1. The number of amides is 3. The molecule has 0 radical (unpaired) electrons. The van der Waals surface area contributed by atoms with E-state index in [2.05, 4.69) is 11.9 Å². The molecule has 212 valence electrons. The fraction of sp³-hybridized carbons (Fsp3) is 0.267. The number of carbonyl (C=O) groups excluding carboxylic acids is 3. The minimum atomic E-state index is -1.99. The first-order valence-electron chi connectivity index (χ1n) is 12.7. The molecule has 4 rings (SSSR count). The highest BCUT2D eigenvalue weighted by Crippen LogP contribution is 2.48. The molecule has 2 aliphatic rings. The fourth-order valence-corrected chi connectivity index (χ4v) is 5.29. The van der Waals surface area contributed by atoms with Crippen molar-refractivity contribution >= 4 is 34.9 Å². The maximum absolute atomic E-state index is 16.6. The summed E-state index contributed by atoms with van der Waals surface area (Å²) in [6.45, 7) is 5.78. The van der Waals surface area contributed by atoms with Crippen molar-refractivity contribution in [2.45, 2.75) is 24.4 Å². The van der Waals surface area contributed by atoms with Crippen LogP contribution in [-0.2, 0) is 14.3 Å². The quantitative estimate of drug-likeness (QED) is 0.406. The number of methoxy groups -OCH3 is 1. The molecule has 1 heterocycles. The van der Waals surface area contributed by atoms with Gasteiger partial charge in [-0.25, -0.2) is 8.78 Å². The Morgan fingerprint density at radius 3 is 2.56 bits per heavy atom. The molecular formula is C30H27ClF2N4O4. The van der Waals surface area contributed by atoms with Crippen LogP contribution in [0.5, 0.6) is 0 Å². The van der Waals surface area contributed by atoms with E-state index in [9.17, 15) is 24.0 Å². The van der Waals surface area contributed by atoms with E-state index in [1.165, 1.54) is 60.6 Å². The Morgan fingerprint density at radius 2 is 1.93 bits per heavy atom. The molecule has 1 aliphatic heterocycles. The van der Waals surface area contributed by atoms with Crippen LogP contribution in [0.2, 0.25) is 0 Å². The van der Waals surface area contributed by atoms with Crippen LogP contribution in [0.25, 0.3) is 5.57 Å². The number of nitrogens with zero attached hydrogens (tertiary/aromatic N) is 3. The maximum Gasteiger partial charge on any atom is 0.255 e. The molecule has 1 unspecified atom stereocenters. The van der Waals surface area contributed by atoms with E-state index < -0.39 is 46.7 Å². The number of hydrogen-bond donors (Lipinski definition) is 1. The molecule has 0 aromatic heterocycles. The Kier molecular flexibility index (Phi) is 8.71. The first-order chi connectivity index (χ1) is 19.5. The molecular weight excluding hydrogens is 554 g/mol. The summed E-state index contributed by atoms with van der Waals surface area (Å²) in [6, 6.07) is 12.6. The van der Waals surface area contributed by atoms with Gasteiger partial charge in [-0.05, 0) is 37.3 Å². The average molecular weight is 581 g/mol. The smallest absolute Gasteiger partial charge is 0.255 e. The zero-order valence-corrected chi connectivity index (χ0v) is 23.2. The molecule has 0 spiro atoms. The van der Waals surface area contributed by atoms with Crippen LogP contribution < -0.4 is 5.32 Å². The highest BCUT2D eigenvalue weighted by molar-refractivity contribution is 6.30. The molecule has 2 aromatic carbocycles. The molecule has 0 bridgehead atoms. The summed E-state index contributed by atoms with van der Waals surface area (Å²) in [5, 5.41) is 9.71. The number of halogens is 3. The lowest BCUT2D eigenvalue weighted by molar-refractivity contribution is -0.137. The van der Waals surface area contributed by atoms with Gasteiger partial charge in [-0.2, -0.15) is 5.26 Å². The second-order valence-corrected chi connectivity index (χ2v) is 10.2. The Bertz CT molecular complexity index is 1530. The maximum atomic E-state index is 16.6. The van der Waals surface area contributed by atoms with E-state index in [-0.39, 0.29) is 53.4 Å². The highest BCUT2D eigenvalue weighted by atomic mass is 35.5. The zero-order chi connectivity index (χ0) is 29.9. The molecule has 2 aromatic rings. The number of ether oxygens (including phenoxy) is 1. The normalized spacial score (nSPS) is 20.9. The van der Waals surface area contributed by atoms with Crippen molar-refractivity contribution in [2.24, 2.45) is 0 Å². The summed E-state index contributed by atoms with van der Waals surface area (Å²) in [7, 11) is 1.21. The summed E-state index contributed by atoms with van der Waals surface area (Å²) in [5.41, 5.74) is -1.01. The largest absolute Gasteiger partial charge is 0.358 e. The molecule has 2 atom stereocenters. The summed E-state index contributed by atoms with van der Waals surface area (Å²) < 4.78 is 37.0. The Labute approximate surface area is 241 Å². The third kappa shape index (κ3) is 5.78. The summed E-state index contributed by atoms with van der Waals surface area (Å²) in [4.78, 5) is 42.4. The fourth-order valence-electron chi connectivity index (χ4n) is 4.97. The molecule has 1 fully saturated rings. The third-order valence-corrected chi connectivity index (χ3v) is 7.59. The molecule has 3 amide bonds. The van der Waals surface area contributed by atoms with Gasteiger partial charge < -0.3 is 19.9 Å². The lowest BCUT2D eigenvalue weighted by atomic mass is 9.86. The predicted octanol–water partition coefficient (Wildman–Crippen LogP) is 4.29. The number of alkyl halides is 1. The summed E-state index contributed by atoms with van der Waals surface area (Å²) >= 11 is 6.78. The standard InChI is InChI=1S/C30H27ClF2N4O4/c1-4-24(38)36-12-13-37(18(2)17-36)29(40)22-15-30(31,41-3)25(21-10-5-6-11-23(21)32)26(33)27(22)35-28(39)20-9-7-8-19(14-20)16-34/h4-11,14,18H,1,12-13,15,17H2,2-3H3,(H,35,39)/t18-,30?/m0/s1. The molecule has 41 heavy (non-hydrogen) atoms. The Balaban J connectivity index is 1.84. The van der Waals surface area contributed by atoms with Crippen molar-refractivity contribution in [3.05, 3.63) is 101 Å². The van der Waals surface area contributed by atoms with Crippen molar-refractivity contribution in [3.63, 3.8) is 0 Å². The van der Waals surface area contributed by atoms with Gasteiger partial charge in [0.2, 0.25) is 5.91 Å². The van der Waals surface area contributed by atoms with Crippen LogP contribution in [0.3, 0.4) is 0 Å². The van der Waals surface area contributed by atoms with Gasteiger partial charge in [-0.15, -0.1) is 0 Å². The molecule has 1 aliphatic carbocycles. The third-order valence-electron chi connectivity index (χ3n) is 7.11. The van der Waals surface area contributed by atoms with Gasteiger partial charge >= 0.3 is 0 Å². The van der Waals surface area contributed by atoms with E-state index in [0.29, 0.717) is 0 Å². The zero-order valence-electron chi connectivity index (χ0n) is 22.4. The van der Waals surface area contributed by atoms with Crippen LogP contribution in [0, 0.1) is 17.1 Å². The van der Waals surface area contributed by atoms with E-state index >= 15 is 4.39 Å². The monoisotopic (exact) mass is 580 g/mol. The van der Waals surface area contributed by atoms with Gasteiger partial charge in [0.15, 0.2) is 10.9 Å². The van der Waals surface area contributed by atoms with Gasteiger partial charge in [0.05, 0.1) is 17.3 Å². The number of hydrogen-bond acceptors (Lipinski definition) is 5. The lowest BCUT2D eigenvalue weighted by Gasteiger charge is -2.42. The van der Waals surface area contributed by atoms with Crippen LogP contribution in [-0.4, -0.2) is 65.4 Å². The molecule has 8 nitrogen and oxygen atoms in total. The van der Waals surface area contributed by atoms with Crippen molar-refractivity contribution < 1.29 is 27.9 Å². The first-order valence-corrected chi connectivity index (χ1v) is 13.1. The van der Waals surface area contributed by atoms with Crippen molar-refractivity contribution in [1.82, 2.24) is 15.1 Å². The second kappa shape index (κ2) is 12.0. The number of nitriles is 1. The van der Waals surface area contributed by atoms with Gasteiger partial charge in [-0.1, -0.05) is 42.4 Å². The Hall–Kier alpha value is -4.33. The van der Waals surface area contributed by atoms with Gasteiger partial charge in [0.25, 0.3) is 11.8 Å². The minimum Gasteiger partial charge on any atom is -0.358 e. The topological polar surface area (TPSA) is 103 Å². The summed E-state index contributed by atoms with van der Waals surface area (Å²) in [5.74, 6) is -3.62. The Morgan fingerprint density at radius 1 is 1.20 bits per heavy atom. The minimum absolute atomic E-state index is 0.0444. The van der Waals surface area contributed by atoms with Crippen LogP contribution in [0.4, 0.5) is 8.78 Å². The van der Waals surface area contributed by atoms with Gasteiger partial charge in [0, 0.05) is 61.5 Å². The van der Waals surface area contributed by atoms with Crippen LogP contribution in [0.15, 0.2) is 78.3 Å². The van der Waals surface area contributed by atoms with Crippen molar-refractivity contribution in [2.75, 3.05) is 26.7 Å². The second-order valence-electron chi connectivity index (χ2n) is 9.61. The number of rotatable bonds is 6. The number of allylic oxidation sites excluding steroid dienone is 1. The van der Waals surface area contributed by atoms with Crippen LogP contribution >= 0.6 is 11.6 Å². The summed E-state index contributed by atoms with van der Waals surface area (Å²) in [6.07, 6.45) is 0.779. The van der Waals surface area contributed by atoms with E-state index in [0.717, 1.165) is 6.07 Å². The predicted molar refractivity (Wildman–Crippen MR) is 148 cm³/mol. The number of carbonyl (C=O) groups is 3. The van der Waals surface area contributed by atoms with E-state index in [1.807, 2.05) is 6.07 Å². The highest BCUT2D eigenvalue weighted by Gasteiger charge is 2.46. The van der Waals surface area contributed by atoms with E-state index in [4.69, 9.17) is 16.3 Å². The number of nitrogens with one attached hydrogen (secondary N) is 1. The molecule has 0 saturated carbocycles. The lowest BCUT2D eigenvalue weighted by Crippen LogP contribution is -2.56. The van der Waals surface area contributed by atoms with Crippen LogP contribution in [0.1, 0.15) is 34.8 Å². The first kappa shape index (κ1) is 29.6. The molecule has 1 saturated heterocycles. The van der Waals surface area contributed by atoms with Gasteiger partial charge in [-0.3, -0.25) is 14.4 Å². The molecule has 1 N–H and O–H groups in total. The van der Waals surface area contributed by atoms with E-state index in [1.54, 1.807) is 11.8 Å². The number of benzene rings is 2. The molecule has 11 heteroatoms. The average Bonchev–Trinajstić information content (AvgIpc) is 2.98.